The van der Waals surface area contributed by atoms with Crippen molar-refractivity contribution in [1.29, 1.82) is 5.26 Å². The zero-order chi connectivity index (χ0) is 23.0. The minimum atomic E-state index is -1.03. The van der Waals surface area contributed by atoms with Crippen LogP contribution in [0.15, 0.2) is 35.9 Å². The Morgan fingerprint density at radius 1 is 1.28 bits per heavy atom. The van der Waals surface area contributed by atoms with Gasteiger partial charge in [-0.15, -0.1) is 0 Å². The number of likely N-dealkylation sites (N-methyl/N-ethyl adjacent to an activating group) is 1. The molecule has 0 saturated carbocycles. The Hall–Kier alpha value is -2.66. The number of nitriles is 1. The van der Waals surface area contributed by atoms with Gasteiger partial charge < -0.3 is 25.0 Å². The highest BCUT2D eigenvalue weighted by molar-refractivity contribution is 6.30. The molecule has 7 nitrogen and oxygen atoms in total. The molecule has 1 unspecified atom stereocenters. The van der Waals surface area contributed by atoms with Crippen molar-refractivity contribution in [2.24, 2.45) is 5.92 Å². The van der Waals surface area contributed by atoms with Gasteiger partial charge in [0, 0.05) is 37.3 Å². The Balaban J connectivity index is 1.61. The van der Waals surface area contributed by atoms with Crippen molar-refractivity contribution < 1.29 is 9.84 Å². The van der Waals surface area contributed by atoms with Crippen molar-refractivity contribution >= 4 is 40.3 Å². The van der Waals surface area contributed by atoms with Crippen molar-refractivity contribution in [3.63, 3.8) is 0 Å². The monoisotopic (exact) mass is 473 g/mol. The first kappa shape index (κ1) is 22.5. The second-order valence-electron chi connectivity index (χ2n) is 8.17. The molecule has 0 bridgehead atoms. The van der Waals surface area contributed by atoms with Gasteiger partial charge in [-0.1, -0.05) is 30.1 Å². The van der Waals surface area contributed by atoms with Crippen molar-refractivity contribution in [2.75, 3.05) is 37.5 Å². The first-order chi connectivity index (χ1) is 15.3. The molecule has 0 aliphatic carbocycles. The number of nitrogens with one attached hydrogen (secondary N) is 1. The Kier molecular flexibility index (Phi) is 6.38. The molecule has 32 heavy (non-hydrogen) atoms. The summed E-state index contributed by atoms with van der Waals surface area (Å²) in [5, 5.41) is 25.2. The second-order valence-corrected chi connectivity index (χ2v) is 8.99. The van der Waals surface area contributed by atoms with Crippen LogP contribution in [0.5, 0.6) is 5.75 Å². The molecule has 0 amide bonds. The van der Waals surface area contributed by atoms with Gasteiger partial charge >= 0.3 is 0 Å². The highest BCUT2D eigenvalue weighted by atomic mass is 35.5. The summed E-state index contributed by atoms with van der Waals surface area (Å²) >= 11 is 12.3. The van der Waals surface area contributed by atoms with Gasteiger partial charge in [0.05, 0.1) is 24.2 Å². The third-order valence-electron chi connectivity index (χ3n) is 6.17. The Bertz CT molecular complexity index is 1100. The lowest BCUT2D eigenvalue weighted by atomic mass is 9.91. The molecular weight excluding hydrogens is 449 g/mol. The fourth-order valence-corrected chi connectivity index (χ4v) is 4.75. The average Bonchev–Trinajstić information content (AvgIpc) is 2.78. The normalized spacial score (nSPS) is 23.0. The molecule has 2 aromatic rings. The number of methoxy groups -OCH3 is 1. The SMILES string of the molecule is COc1cc(Cl)ccc1N[C@H]1CCN(C2=C(C#N)C(O)N(C)c3ccc(Cl)nc32)C[C@H]1C. The van der Waals surface area contributed by atoms with Crippen LogP contribution in [0.1, 0.15) is 19.0 Å². The molecule has 9 heteroatoms. The van der Waals surface area contributed by atoms with Crippen molar-refractivity contribution in [3.8, 4) is 11.8 Å². The zero-order valence-electron chi connectivity index (χ0n) is 18.1. The minimum absolute atomic E-state index is 0.204. The summed E-state index contributed by atoms with van der Waals surface area (Å²) in [6.45, 7) is 3.55. The van der Waals surface area contributed by atoms with E-state index in [1.807, 2.05) is 18.2 Å². The molecule has 168 valence electrons. The number of rotatable bonds is 4. The van der Waals surface area contributed by atoms with E-state index in [-0.39, 0.29) is 17.5 Å². The van der Waals surface area contributed by atoms with Crippen LogP contribution < -0.4 is 15.0 Å². The van der Waals surface area contributed by atoms with E-state index < -0.39 is 6.23 Å². The molecule has 2 N–H and O–H groups in total. The smallest absolute Gasteiger partial charge is 0.165 e. The average molecular weight is 474 g/mol. The van der Waals surface area contributed by atoms with Gasteiger partial charge in [0.25, 0.3) is 0 Å². The van der Waals surface area contributed by atoms with E-state index in [9.17, 15) is 10.4 Å². The quantitative estimate of drug-likeness (QED) is 0.642. The Labute approximate surface area is 197 Å². The first-order valence-electron chi connectivity index (χ1n) is 10.4. The summed E-state index contributed by atoms with van der Waals surface area (Å²) in [5.41, 5.74) is 3.21. The minimum Gasteiger partial charge on any atom is -0.495 e. The molecule has 4 rings (SSSR count). The van der Waals surface area contributed by atoms with Crippen molar-refractivity contribution in [2.45, 2.75) is 25.6 Å². The molecule has 1 aromatic carbocycles. The highest BCUT2D eigenvalue weighted by Gasteiger charge is 2.37. The summed E-state index contributed by atoms with van der Waals surface area (Å²) < 4.78 is 5.47. The summed E-state index contributed by atoms with van der Waals surface area (Å²) in [5.74, 6) is 0.948. The van der Waals surface area contributed by atoms with Gasteiger partial charge in [0.1, 0.15) is 28.2 Å². The summed E-state index contributed by atoms with van der Waals surface area (Å²) in [6.07, 6.45) is -0.202. The molecule has 0 spiro atoms. The molecule has 2 aliphatic heterocycles. The number of benzene rings is 1. The largest absolute Gasteiger partial charge is 0.495 e. The predicted molar refractivity (Wildman–Crippen MR) is 127 cm³/mol. The molecule has 1 aromatic heterocycles. The van der Waals surface area contributed by atoms with E-state index in [2.05, 4.69) is 28.2 Å². The van der Waals surface area contributed by atoms with Gasteiger partial charge in [-0.3, -0.25) is 0 Å². The van der Waals surface area contributed by atoms with Crippen molar-refractivity contribution in [1.82, 2.24) is 9.88 Å². The molecule has 0 radical (unpaired) electrons. The lowest BCUT2D eigenvalue weighted by Crippen LogP contribution is -2.47. The first-order valence-corrected chi connectivity index (χ1v) is 11.2. The second kappa shape index (κ2) is 9.07. The maximum absolute atomic E-state index is 10.8. The molecule has 2 aliphatic rings. The van der Waals surface area contributed by atoms with Crippen LogP contribution >= 0.6 is 23.2 Å². The third-order valence-corrected chi connectivity index (χ3v) is 6.62. The van der Waals surface area contributed by atoms with Crippen LogP contribution in [0.2, 0.25) is 10.2 Å². The van der Waals surface area contributed by atoms with Gasteiger partial charge in [0.2, 0.25) is 0 Å². The topological polar surface area (TPSA) is 84.6 Å². The van der Waals surface area contributed by atoms with Crippen LogP contribution in [0.25, 0.3) is 5.70 Å². The summed E-state index contributed by atoms with van der Waals surface area (Å²) in [4.78, 5) is 8.30. The number of likely N-dealkylation sites (tertiary alicyclic amines) is 1. The third kappa shape index (κ3) is 4.06. The lowest BCUT2D eigenvalue weighted by Gasteiger charge is -2.43. The van der Waals surface area contributed by atoms with E-state index in [0.29, 0.717) is 40.4 Å². The number of nitrogens with zero attached hydrogens (tertiary/aromatic N) is 4. The number of anilines is 2. The van der Waals surface area contributed by atoms with Gasteiger partial charge in [0.15, 0.2) is 6.23 Å². The number of fused-ring (bicyclic) bond motifs is 1. The molecule has 1 fully saturated rings. The van der Waals surface area contributed by atoms with Gasteiger partial charge in [-0.25, -0.2) is 4.98 Å². The number of aliphatic hydroxyl groups is 1. The van der Waals surface area contributed by atoms with Crippen LogP contribution in [0, 0.1) is 17.2 Å². The number of piperidine rings is 1. The van der Waals surface area contributed by atoms with Crippen molar-refractivity contribution in [3.05, 3.63) is 51.8 Å². The summed E-state index contributed by atoms with van der Waals surface area (Å²) in [6, 6.07) is 11.5. The maximum Gasteiger partial charge on any atom is 0.165 e. The maximum atomic E-state index is 10.8. The van der Waals surface area contributed by atoms with E-state index in [1.54, 1.807) is 31.2 Å². The van der Waals surface area contributed by atoms with E-state index in [4.69, 9.17) is 27.9 Å². The standard InChI is InChI=1S/C23H25Cl2N5O2/c1-13-12-30(9-8-16(13)27-17-5-4-14(24)10-19(17)32-3)22-15(11-26)23(31)29(2)18-6-7-20(25)28-21(18)22/h4-7,10,13,16,23,27,31H,8-9,12H2,1-3H3/t13-,16+,23?/m1/s1. The van der Waals surface area contributed by atoms with E-state index in [1.165, 1.54) is 0 Å². The number of hydrogen-bond donors (Lipinski definition) is 2. The molecular formula is C23H25Cl2N5O2. The van der Waals surface area contributed by atoms with Crippen LogP contribution in [0.4, 0.5) is 11.4 Å². The number of halogens is 2. The van der Waals surface area contributed by atoms with Crippen LogP contribution in [0.3, 0.4) is 0 Å². The zero-order valence-corrected chi connectivity index (χ0v) is 19.7. The molecule has 3 heterocycles. The summed E-state index contributed by atoms with van der Waals surface area (Å²) in [7, 11) is 3.37. The Morgan fingerprint density at radius 3 is 2.75 bits per heavy atom. The number of hydrogen-bond acceptors (Lipinski definition) is 7. The Morgan fingerprint density at radius 2 is 2.06 bits per heavy atom. The lowest BCUT2D eigenvalue weighted by molar-refractivity contribution is 0.203. The highest BCUT2D eigenvalue weighted by Crippen LogP contribution is 2.40. The number of ether oxygens (including phenoxy) is 1. The molecule has 1 saturated heterocycles. The van der Waals surface area contributed by atoms with E-state index in [0.717, 1.165) is 17.8 Å². The van der Waals surface area contributed by atoms with E-state index >= 15 is 0 Å². The van der Waals surface area contributed by atoms with Crippen LogP contribution in [-0.4, -0.2) is 54.5 Å². The van der Waals surface area contributed by atoms with Gasteiger partial charge in [-0.2, -0.15) is 5.26 Å². The fraction of sp³-hybridized carbons (Fsp3) is 0.391. The fourth-order valence-electron chi connectivity index (χ4n) is 4.44. The van der Waals surface area contributed by atoms with Crippen LogP contribution in [-0.2, 0) is 0 Å². The number of pyridine rings is 1. The number of aromatic nitrogens is 1. The molecule has 3 atom stereocenters. The van der Waals surface area contributed by atoms with Gasteiger partial charge in [-0.05, 0) is 36.6 Å². The number of aliphatic hydroxyl groups excluding tert-OH is 1. The predicted octanol–water partition coefficient (Wildman–Crippen LogP) is 4.22.